The zero-order valence-electron chi connectivity index (χ0n) is 9.70. The number of aromatic amines is 1. The van der Waals surface area contributed by atoms with E-state index in [9.17, 15) is 4.79 Å². The number of nitrogens with one attached hydrogen (secondary N) is 1. The van der Waals surface area contributed by atoms with Gasteiger partial charge in [-0.05, 0) is 18.1 Å². The number of H-pyrrole nitrogens is 1. The molecule has 0 aliphatic carbocycles. The topological polar surface area (TPSA) is 45.8 Å². The largest absolute Gasteiger partial charge is 0.272 e. The highest BCUT2D eigenvalue weighted by molar-refractivity contribution is 6.33. The number of hydrogen-bond acceptors (Lipinski definition) is 2. The molecule has 1 N–H and O–H groups in total. The standard InChI is InChI=1S/C13H13ClN2O/c1-8(2)12-7-10(13(17)16-15-12)9-5-3-4-6-11(9)14/h3-8H,1-2H3,(H,16,17). The number of aromatic nitrogens is 2. The molecule has 3 nitrogen and oxygen atoms in total. The van der Waals surface area contributed by atoms with Crippen molar-refractivity contribution in [2.45, 2.75) is 19.8 Å². The molecule has 0 atom stereocenters. The van der Waals surface area contributed by atoms with Crippen molar-refractivity contribution in [2.24, 2.45) is 0 Å². The van der Waals surface area contributed by atoms with Crippen LogP contribution < -0.4 is 5.56 Å². The lowest BCUT2D eigenvalue weighted by Crippen LogP contribution is -2.13. The molecule has 17 heavy (non-hydrogen) atoms. The Morgan fingerprint density at radius 2 is 1.94 bits per heavy atom. The van der Waals surface area contributed by atoms with Crippen LogP contribution in [0.15, 0.2) is 35.1 Å². The van der Waals surface area contributed by atoms with E-state index in [4.69, 9.17) is 11.6 Å². The Hall–Kier alpha value is -1.61. The summed E-state index contributed by atoms with van der Waals surface area (Å²) in [5, 5.41) is 7.09. The second-order valence-electron chi connectivity index (χ2n) is 4.17. The van der Waals surface area contributed by atoms with E-state index in [1.54, 1.807) is 12.1 Å². The molecule has 2 aromatic rings. The highest BCUT2D eigenvalue weighted by atomic mass is 35.5. The van der Waals surface area contributed by atoms with Crippen molar-refractivity contribution in [3.05, 3.63) is 51.4 Å². The quantitative estimate of drug-likeness (QED) is 0.887. The average Bonchev–Trinajstić information content (AvgIpc) is 2.30. The summed E-state index contributed by atoms with van der Waals surface area (Å²) in [7, 11) is 0. The van der Waals surface area contributed by atoms with E-state index < -0.39 is 0 Å². The fourth-order valence-corrected chi connectivity index (χ4v) is 1.83. The molecule has 0 saturated heterocycles. The van der Waals surface area contributed by atoms with Crippen LogP contribution in [0.2, 0.25) is 5.02 Å². The highest BCUT2D eigenvalue weighted by Gasteiger charge is 2.10. The van der Waals surface area contributed by atoms with Crippen molar-refractivity contribution in [1.29, 1.82) is 0 Å². The van der Waals surface area contributed by atoms with Gasteiger partial charge in [0.15, 0.2) is 0 Å². The normalized spacial score (nSPS) is 10.8. The van der Waals surface area contributed by atoms with Crippen LogP contribution in [0.25, 0.3) is 11.1 Å². The molecule has 1 aromatic heterocycles. The minimum Gasteiger partial charge on any atom is -0.267 e. The molecular weight excluding hydrogens is 236 g/mol. The van der Waals surface area contributed by atoms with Crippen molar-refractivity contribution >= 4 is 11.6 Å². The average molecular weight is 249 g/mol. The summed E-state index contributed by atoms with van der Waals surface area (Å²) >= 11 is 6.09. The minimum atomic E-state index is -0.220. The van der Waals surface area contributed by atoms with Gasteiger partial charge in [-0.15, -0.1) is 0 Å². The van der Waals surface area contributed by atoms with E-state index >= 15 is 0 Å². The van der Waals surface area contributed by atoms with Gasteiger partial charge in [-0.1, -0.05) is 43.6 Å². The summed E-state index contributed by atoms with van der Waals surface area (Å²) in [4.78, 5) is 11.8. The van der Waals surface area contributed by atoms with Crippen molar-refractivity contribution in [3.63, 3.8) is 0 Å². The Bertz CT molecular complexity index is 590. The number of hydrogen-bond donors (Lipinski definition) is 1. The molecule has 0 bridgehead atoms. The molecule has 0 fully saturated rings. The first-order valence-corrected chi connectivity index (χ1v) is 5.82. The lowest BCUT2D eigenvalue weighted by Gasteiger charge is -2.07. The van der Waals surface area contributed by atoms with E-state index in [-0.39, 0.29) is 11.5 Å². The van der Waals surface area contributed by atoms with Crippen LogP contribution in [0.4, 0.5) is 0 Å². The summed E-state index contributed by atoms with van der Waals surface area (Å²) in [5.74, 6) is 0.257. The third-order valence-electron chi connectivity index (χ3n) is 2.58. The Balaban J connectivity index is 2.63. The summed E-state index contributed by atoms with van der Waals surface area (Å²) in [6, 6.07) is 9.09. The Morgan fingerprint density at radius 1 is 1.24 bits per heavy atom. The number of nitrogens with zero attached hydrogens (tertiary/aromatic N) is 1. The van der Waals surface area contributed by atoms with Crippen LogP contribution in [0, 0.1) is 0 Å². The van der Waals surface area contributed by atoms with Crippen LogP contribution in [-0.2, 0) is 0 Å². The molecule has 1 heterocycles. The van der Waals surface area contributed by atoms with E-state index in [1.165, 1.54) is 0 Å². The second kappa shape index (κ2) is 4.72. The number of rotatable bonds is 2. The van der Waals surface area contributed by atoms with Crippen LogP contribution in [0.5, 0.6) is 0 Å². The van der Waals surface area contributed by atoms with Crippen LogP contribution in [-0.4, -0.2) is 10.2 Å². The van der Waals surface area contributed by atoms with E-state index in [0.29, 0.717) is 10.6 Å². The van der Waals surface area contributed by atoms with Gasteiger partial charge in [0.25, 0.3) is 5.56 Å². The van der Waals surface area contributed by atoms with E-state index in [2.05, 4.69) is 10.2 Å². The summed E-state index contributed by atoms with van der Waals surface area (Å²) in [6.07, 6.45) is 0. The zero-order chi connectivity index (χ0) is 12.4. The van der Waals surface area contributed by atoms with Gasteiger partial charge in [0.2, 0.25) is 0 Å². The molecule has 2 rings (SSSR count). The first-order valence-electron chi connectivity index (χ1n) is 5.44. The third-order valence-corrected chi connectivity index (χ3v) is 2.91. The van der Waals surface area contributed by atoms with E-state index in [0.717, 1.165) is 11.3 Å². The molecule has 0 saturated carbocycles. The van der Waals surface area contributed by atoms with Crippen molar-refractivity contribution in [3.8, 4) is 11.1 Å². The smallest absolute Gasteiger partial charge is 0.267 e. The summed E-state index contributed by atoms with van der Waals surface area (Å²) < 4.78 is 0. The maximum atomic E-state index is 11.8. The maximum Gasteiger partial charge on any atom is 0.272 e. The Labute approximate surface area is 104 Å². The number of benzene rings is 1. The molecule has 0 spiro atoms. The summed E-state index contributed by atoms with van der Waals surface area (Å²) in [5.41, 5.74) is 1.93. The van der Waals surface area contributed by atoms with Gasteiger partial charge in [0.1, 0.15) is 0 Å². The lowest BCUT2D eigenvalue weighted by atomic mass is 10.0. The molecule has 4 heteroatoms. The molecule has 0 radical (unpaired) electrons. The van der Waals surface area contributed by atoms with Gasteiger partial charge in [-0.3, -0.25) is 4.79 Å². The molecule has 1 aromatic carbocycles. The summed E-state index contributed by atoms with van der Waals surface area (Å²) in [6.45, 7) is 4.05. The Morgan fingerprint density at radius 3 is 2.59 bits per heavy atom. The lowest BCUT2D eigenvalue weighted by molar-refractivity contribution is 0.778. The SMILES string of the molecule is CC(C)c1cc(-c2ccccc2Cl)c(=O)[nH]n1. The molecular formula is C13H13ClN2O. The molecule has 88 valence electrons. The van der Waals surface area contributed by atoms with Gasteiger partial charge < -0.3 is 0 Å². The van der Waals surface area contributed by atoms with Gasteiger partial charge in [-0.25, -0.2) is 5.10 Å². The molecule has 0 aliphatic heterocycles. The van der Waals surface area contributed by atoms with Gasteiger partial charge in [-0.2, -0.15) is 5.10 Å². The first kappa shape index (κ1) is 11.9. The molecule has 0 unspecified atom stereocenters. The maximum absolute atomic E-state index is 11.8. The van der Waals surface area contributed by atoms with Gasteiger partial charge >= 0.3 is 0 Å². The van der Waals surface area contributed by atoms with Gasteiger partial charge in [0, 0.05) is 10.6 Å². The van der Waals surface area contributed by atoms with Crippen LogP contribution in [0.1, 0.15) is 25.5 Å². The highest BCUT2D eigenvalue weighted by Crippen LogP contribution is 2.25. The van der Waals surface area contributed by atoms with E-state index in [1.807, 2.05) is 32.0 Å². The minimum absolute atomic E-state index is 0.220. The molecule has 0 amide bonds. The van der Waals surface area contributed by atoms with Crippen molar-refractivity contribution in [2.75, 3.05) is 0 Å². The van der Waals surface area contributed by atoms with Crippen LogP contribution in [0.3, 0.4) is 0 Å². The third kappa shape index (κ3) is 2.39. The molecule has 0 aliphatic rings. The fraction of sp³-hybridized carbons (Fsp3) is 0.231. The zero-order valence-corrected chi connectivity index (χ0v) is 10.5. The first-order chi connectivity index (χ1) is 8.09. The monoisotopic (exact) mass is 248 g/mol. The van der Waals surface area contributed by atoms with Crippen molar-refractivity contribution in [1.82, 2.24) is 10.2 Å². The Kier molecular flexibility index (Phi) is 3.29. The van der Waals surface area contributed by atoms with Crippen LogP contribution >= 0.6 is 11.6 Å². The predicted octanol–water partition coefficient (Wildman–Crippen LogP) is 3.21. The van der Waals surface area contributed by atoms with Gasteiger partial charge in [0.05, 0.1) is 11.3 Å². The fourth-order valence-electron chi connectivity index (χ4n) is 1.60. The predicted molar refractivity (Wildman–Crippen MR) is 69.4 cm³/mol. The second-order valence-corrected chi connectivity index (χ2v) is 4.58. The number of halogens is 1. The van der Waals surface area contributed by atoms with Crippen molar-refractivity contribution < 1.29 is 0 Å².